The van der Waals surface area contributed by atoms with E-state index in [0.717, 1.165) is 24.0 Å². The summed E-state index contributed by atoms with van der Waals surface area (Å²) in [5.41, 5.74) is 2.89. The van der Waals surface area contributed by atoms with Crippen molar-refractivity contribution >= 4 is 21.4 Å². The largest absolute Gasteiger partial charge is 0.324 e. The second-order valence-corrected chi connectivity index (χ2v) is 10.9. The molecule has 0 unspecified atom stereocenters. The molecule has 0 saturated carbocycles. The van der Waals surface area contributed by atoms with Crippen LogP contribution in [0.3, 0.4) is 0 Å². The van der Waals surface area contributed by atoms with Crippen LogP contribution in [-0.4, -0.2) is 18.9 Å². The first kappa shape index (κ1) is 25.4. The van der Waals surface area contributed by atoms with E-state index in [1.54, 1.807) is 50.2 Å². The molecular weight excluding hydrogens is 448 g/mol. The molecule has 0 radical (unpaired) electrons. The summed E-state index contributed by atoms with van der Waals surface area (Å²) < 4.78 is 28.1. The number of para-hydroxylation sites is 1. The van der Waals surface area contributed by atoms with Crippen molar-refractivity contribution in [3.63, 3.8) is 0 Å². The lowest BCUT2D eigenvalue weighted by Gasteiger charge is -2.16. The molecule has 1 N–H and O–H groups in total. The summed E-state index contributed by atoms with van der Waals surface area (Å²) in [6, 6.07) is 15.8. The lowest BCUT2D eigenvalue weighted by Crippen LogP contribution is -2.33. The summed E-state index contributed by atoms with van der Waals surface area (Å²) in [5, 5.41) is 2.84. The van der Waals surface area contributed by atoms with E-state index < -0.39 is 21.3 Å². The number of hydrogen-bond donors (Lipinski definition) is 1. The Kier molecular flexibility index (Phi) is 7.77. The normalized spacial score (nSPS) is 11.6. The Labute approximate surface area is 201 Å². The zero-order chi connectivity index (χ0) is 25.0. The standard InChI is InChI=1S/C27H32N2O4S/c1-6-22-9-7-8-10-24(22)28-25(30)17-29-20(5)16-19(4)26(27(29)31)34(32,33)23-13-11-21(12-14-23)15-18(2)3/h7-14,16,18H,6,15,17H2,1-5H3,(H,28,30). The van der Waals surface area contributed by atoms with Gasteiger partial charge in [-0.15, -0.1) is 0 Å². The minimum Gasteiger partial charge on any atom is -0.324 e. The lowest BCUT2D eigenvalue weighted by molar-refractivity contribution is -0.116. The molecule has 7 heteroatoms. The topological polar surface area (TPSA) is 85.2 Å². The number of nitrogens with one attached hydrogen (secondary N) is 1. The van der Waals surface area contributed by atoms with Gasteiger partial charge in [0.2, 0.25) is 15.7 Å². The van der Waals surface area contributed by atoms with Crippen LogP contribution in [0.5, 0.6) is 0 Å². The fourth-order valence-corrected chi connectivity index (χ4v) is 5.66. The number of rotatable bonds is 8. The van der Waals surface area contributed by atoms with Gasteiger partial charge in [0.25, 0.3) is 5.56 Å². The third kappa shape index (κ3) is 5.47. The highest BCUT2D eigenvalue weighted by Crippen LogP contribution is 2.23. The van der Waals surface area contributed by atoms with Crippen molar-refractivity contribution in [1.29, 1.82) is 0 Å². The summed E-state index contributed by atoms with van der Waals surface area (Å²) in [6.07, 6.45) is 1.59. The van der Waals surface area contributed by atoms with Crippen molar-refractivity contribution in [1.82, 2.24) is 4.57 Å². The molecule has 0 aliphatic heterocycles. The van der Waals surface area contributed by atoms with Crippen molar-refractivity contribution in [2.75, 3.05) is 5.32 Å². The van der Waals surface area contributed by atoms with Crippen LogP contribution in [0.1, 0.15) is 43.2 Å². The number of carbonyl (C=O) groups excluding carboxylic acids is 1. The van der Waals surface area contributed by atoms with Gasteiger partial charge in [0.05, 0.1) is 4.90 Å². The van der Waals surface area contributed by atoms with Crippen LogP contribution in [0.25, 0.3) is 0 Å². The van der Waals surface area contributed by atoms with Crippen molar-refractivity contribution < 1.29 is 13.2 Å². The summed E-state index contributed by atoms with van der Waals surface area (Å²) in [5.74, 6) is 0.0563. The Morgan fingerprint density at radius 1 is 1.03 bits per heavy atom. The van der Waals surface area contributed by atoms with Crippen LogP contribution in [0, 0.1) is 19.8 Å². The minimum absolute atomic E-state index is 0.0666. The van der Waals surface area contributed by atoms with E-state index in [2.05, 4.69) is 19.2 Å². The van der Waals surface area contributed by atoms with Gasteiger partial charge in [-0.25, -0.2) is 8.42 Å². The van der Waals surface area contributed by atoms with E-state index in [1.165, 1.54) is 4.57 Å². The number of pyridine rings is 1. The number of amides is 1. The zero-order valence-electron chi connectivity index (χ0n) is 20.4. The molecule has 0 spiro atoms. The second kappa shape index (κ2) is 10.4. The van der Waals surface area contributed by atoms with Crippen LogP contribution in [0.4, 0.5) is 5.69 Å². The molecule has 0 bridgehead atoms. The molecule has 0 saturated heterocycles. The summed E-state index contributed by atoms with van der Waals surface area (Å²) >= 11 is 0. The molecule has 6 nitrogen and oxygen atoms in total. The van der Waals surface area contributed by atoms with Gasteiger partial charge in [0, 0.05) is 11.4 Å². The number of aromatic nitrogens is 1. The highest BCUT2D eigenvalue weighted by atomic mass is 32.2. The molecule has 0 atom stereocenters. The Bertz CT molecular complexity index is 1350. The maximum Gasteiger partial charge on any atom is 0.270 e. The molecule has 2 aromatic carbocycles. The quantitative estimate of drug-likeness (QED) is 0.507. The van der Waals surface area contributed by atoms with Crippen LogP contribution in [-0.2, 0) is 34.0 Å². The predicted octanol–water partition coefficient (Wildman–Crippen LogP) is 4.70. The third-order valence-electron chi connectivity index (χ3n) is 5.77. The molecular formula is C27H32N2O4S. The molecule has 3 aromatic rings. The average Bonchev–Trinajstić information content (AvgIpc) is 2.76. The van der Waals surface area contributed by atoms with Crippen molar-refractivity contribution in [3.05, 3.63) is 87.3 Å². The van der Waals surface area contributed by atoms with E-state index in [0.29, 0.717) is 22.9 Å². The Balaban J connectivity index is 1.96. The van der Waals surface area contributed by atoms with Gasteiger partial charge in [-0.05, 0) is 73.6 Å². The Morgan fingerprint density at radius 2 is 1.68 bits per heavy atom. The molecule has 180 valence electrons. The Hall–Kier alpha value is -3.19. The molecule has 34 heavy (non-hydrogen) atoms. The smallest absolute Gasteiger partial charge is 0.270 e. The maximum atomic E-state index is 13.4. The fourth-order valence-electron chi connectivity index (χ4n) is 4.11. The summed E-state index contributed by atoms with van der Waals surface area (Å²) in [4.78, 5) is 25.9. The fraction of sp³-hybridized carbons (Fsp3) is 0.333. The first-order chi connectivity index (χ1) is 16.0. The van der Waals surface area contributed by atoms with Crippen LogP contribution in [0.15, 0.2) is 69.2 Å². The van der Waals surface area contributed by atoms with Gasteiger partial charge >= 0.3 is 0 Å². The predicted molar refractivity (Wildman–Crippen MR) is 135 cm³/mol. The number of sulfone groups is 1. The van der Waals surface area contributed by atoms with Crippen LogP contribution < -0.4 is 10.9 Å². The zero-order valence-corrected chi connectivity index (χ0v) is 21.2. The number of benzene rings is 2. The molecule has 1 heterocycles. The lowest BCUT2D eigenvalue weighted by atomic mass is 10.0. The maximum absolute atomic E-state index is 13.4. The van der Waals surface area contributed by atoms with Gasteiger partial charge in [-0.2, -0.15) is 0 Å². The van der Waals surface area contributed by atoms with Crippen molar-refractivity contribution in [2.45, 2.75) is 63.8 Å². The van der Waals surface area contributed by atoms with E-state index in [9.17, 15) is 18.0 Å². The monoisotopic (exact) mass is 480 g/mol. The van der Waals surface area contributed by atoms with E-state index in [1.807, 2.05) is 25.1 Å². The van der Waals surface area contributed by atoms with Gasteiger partial charge in [-0.1, -0.05) is 51.1 Å². The molecule has 3 rings (SSSR count). The van der Waals surface area contributed by atoms with Crippen LogP contribution in [0.2, 0.25) is 0 Å². The van der Waals surface area contributed by atoms with Gasteiger partial charge in [-0.3, -0.25) is 9.59 Å². The van der Waals surface area contributed by atoms with Gasteiger partial charge in [0.1, 0.15) is 11.4 Å². The van der Waals surface area contributed by atoms with Crippen LogP contribution >= 0.6 is 0 Å². The molecule has 1 amide bonds. The number of aryl methyl sites for hydroxylation is 3. The first-order valence-electron chi connectivity index (χ1n) is 11.5. The first-order valence-corrected chi connectivity index (χ1v) is 13.0. The SMILES string of the molecule is CCc1ccccc1NC(=O)Cn1c(C)cc(C)c(S(=O)(=O)c2ccc(CC(C)C)cc2)c1=O. The highest BCUT2D eigenvalue weighted by molar-refractivity contribution is 7.91. The summed E-state index contributed by atoms with van der Waals surface area (Å²) in [7, 11) is -4.06. The number of hydrogen-bond acceptors (Lipinski definition) is 4. The Morgan fingerprint density at radius 3 is 2.29 bits per heavy atom. The van der Waals surface area contributed by atoms with Gasteiger partial charge < -0.3 is 9.88 Å². The number of anilines is 1. The number of carbonyl (C=O) groups is 1. The highest BCUT2D eigenvalue weighted by Gasteiger charge is 2.26. The summed E-state index contributed by atoms with van der Waals surface area (Å²) in [6.45, 7) is 9.21. The van der Waals surface area contributed by atoms with E-state index in [-0.39, 0.29) is 16.3 Å². The van der Waals surface area contributed by atoms with Crippen molar-refractivity contribution in [2.24, 2.45) is 5.92 Å². The third-order valence-corrected chi connectivity index (χ3v) is 7.70. The van der Waals surface area contributed by atoms with E-state index >= 15 is 0 Å². The van der Waals surface area contributed by atoms with E-state index in [4.69, 9.17) is 0 Å². The number of nitrogens with zero attached hydrogens (tertiary/aromatic N) is 1. The molecule has 0 aliphatic carbocycles. The molecule has 0 aliphatic rings. The molecule has 0 fully saturated rings. The molecule has 1 aromatic heterocycles. The second-order valence-electron chi connectivity index (χ2n) is 8.99. The minimum atomic E-state index is -4.06. The van der Waals surface area contributed by atoms with Crippen molar-refractivity contribution in [3.8, 4) is 0 Å². The van der Waals surface area contributed by atoms with Gasteiger partial charge in [0.15, 0.2) is 0 Å². The average molecular weight is 481 g/mol.